The first-order valence-corrected chi connectivity index (χ1v) is 16.7. The van der Waals surface area contributed by atoms with Crippen molar-refractivity contribution < 1.29 is 14.3 Å². The zero-order valence-electron chi connectivity index (χ0n) is 21.2. The lowest BCUT2D eigenvalue weighted by Gasteiger charge is -2.32. The Morgan fingerprint density at radius 3 is 2.41 bits per heavy atom. The van der Waals surface area contributed by atoms with Crippen molar-refractivity contribution in [3.05, 3.63) is 53.6 Å². The van der Waals surface area contributed by atoms with E-state index in [2.05, 4.69) is 30.4 Å². The maximum Gasteiger partial charge on any atom is 0.410 e. The molecule has 4 rings (SSSR count). The molecule has 1 aromatic carbocycles. The summed E-state index contributed by atoms with van der Waals surface area (Å²) in [5.74, 6) is 2.18. The first-order chi connectivity index (χ1) is 16.4. The van der Waals surface area contributed by atoms with Crippen molar-refractivity contribution in [2.24, 2.45) is 0 Å². The summed E-state index contributed by atoms with van der Waals surface area (Å²) in [6.07, 6.45) is 8.81. The van der Waals surface area contributed by atoms with Crippen molar-refractivity contribution in [2.45, 2.75) is 89.4 Å². The van der Waals surface area contributed by atoms with Gasteiger partial charge in [-0.3, -0.25) is 0 Å². The highest BCUT2D eigenvalue weighted by molar-refractivity contribution is 6.76. The molecule has 1 saturated heterocycles. The van der Waals surface area contributed by atoms with Gasteiger partial charge in [-0.15, -0.1) is 0 Å². The molecule has 0 bridgehead atoms. The third kappa shape index (κ3) is 6.72. The molecule has 7 heteroatoms. The van der Waals surface area contributed by atoms with Gasteiger partial charge < -0.3 is 18.9 Å². The number of imidazole rings is 1. The number of piperidine rings is 1. The van der Waals surface area contributed by atoms with Crippen LogP contribution < -0.4 is 0 Å². The van der Waals surface area contributed by atoms with Gasteiger partial charge in [0.2, 0.25) is 0 Å². The molecule has 2 fully saturated rings. The van der Waals surface area contributed by atoms with Crippen molar-refractivity contribution in [3.63, 3.8) is 0 Å². The summed E-state index contributed by atoms with van der Waals surface area (Å²) in [6, 6.07) is 11.0. The fourth-order valence-corrected chi connectivity index (χ4v) is 5.84. The summed E-state index contributed by atoms with van der Waals surface area (Å²) < 4.78 is 14.1. The molecular formula is C27H41N3O3Si. The van der Waals surface area contributed by atoms with Gasteiger partial charge in [0.25, 0.3) is 0 Å². The van der Waals surface area contributed by atoms with Crippen LogP contribution in [0.2, 0.25) is 25.7 Å². The van der Waals surface area contributed by atoms with Crippen LogP contribution in [-0.2, 0) is 22.8 Å². The van der Waals surface area contributed by atoms with E-state index in [9.17, 15) is 4.79 Å². The number of aromatic nitrogens is 2. The topological polar surface area (TPSA) is 56.6 Å². The Labute approximate surface area is 205 Å². The van der Waals surface area contributed by atoms with Gasteiger partial charge in [0.15, 0.2) is 0 Å². The predicted octanol–water partition coefficient (Wildman–Crippen LogP) is 6.37. The second-order valence-corrected chi connectivity index (χ2v) is 16.7. The van der Waals surface area contributed by atoms with Crippen LogP contribution in [-0.4, -0.2) is 48.3 Å². The van der Waals surface area contributed by atoms with Crippen molar-refractivity contribution in [1.82, 2.24) is 14.5 Å². The lowest BCUT2D eigenvalue weighted by atomic mass is 9.94. The molecule has 2 aromatic rings. The lowest BCUT2D eigenvalue weighted by molar-refractivity contribution is 0.0764. The Hall–Kier alpha value is -2.12. The number of carbonyl (C=O) groups excluding carboxylic acids is 1. The highest BCUT2D eigenvalue weighted by Gasteiger charge is 2.30. The number of amides is 1. The van der Waals surface area contributed by atoms with Crippen LogP contribution in [0.3, 0.4) is 0 Å². The molecule has 1 aromatic heterocycles. The number of rotatable bonds is 9. The molecule has 0 radical (unpaired) electrons. The normalized spacial score (nSPS) is 17.9. The van der Waals surface area contributed by atoms with Crippen LogP contribution in [0.1, 0.15) is 67.4 Å². The summed E-state index contributed by atoms with van der Waals surface area (Å²) in [7, 11) is -1.11. The predicted molar refractivity (Wildman–Crippen MR) is 138 cm³/mol. The monoisotopic (exact) mass is 483 g/mol. The lowest BCUT2D eigenvalue weighted by Crippen LogP contribution is -2.38. The number of hydrogen-bond donors (Lipinski definition) is 0. The van der Waals surface area contributed by atoms with Gasteiger partial charge in [0.05, 0.1) is 0 Å². The van der Waals surface area contributed by atoms with E-state index in [-0.39, 0.29) is 6.09 Å². The fourth-order valence-electron chi connectivity index (χ4n) is 5.08. The van der Waals surface area contributed by atoms with Gasteiger partial charge in [-0.1, -0.05) is 62.8 Å². The molecular weight excluding hydrogens is 442 g/mol. The zero-order valence-corrected chi connectivity index (χ0v) is 22.2. The first kappa shape index (κ1) is 25.0. The van der Waals surface area contributed by atoms with Crippen LogP contribution in [0.25, 0.3) is 0 Å². The Morgan fingerprint density at radius 2 is 1.74 bits per heavy atom. The maximum atomic E-state index is 12.6. The number of nitrogens with zero attached hydrogens (tertiary/aromatic N) is 3. The quantitative estimate of drug-likeness (QED) is 0.307. The van der Waals surface area contributed by atoms with Gasteiger partial charge in [0, 0.05) is 51.5 Å². The second-order valence-electron chi connectivity index (χ2n) is 11.1. The average Bonchev–Trinajstić information content (AvgIpc) is 3.50. The largest absolute Gasteiger partial charge is 0.445 e. The molecule has 2 aliphatic rings. The zero-order chi connectivity index (χ0) is 24.0. The van der Waals surface area contributed by atoms with Crippen LogP contribution in [0.15, 0.2) is 36.5 Å². The standard InChI is InChI=1S/C27H41N3O3Si/c1-34(2,3)18-17-32-21-30-25(19-28-26(30)24-11-7-8-12-24)23-13-15-29(16-14-23)27(31)33-20-22-9-5-4-6-10-22/h4-6,9-10,19,23-24H,7-8,11-18,20-21H2,1-3H3. The highest BCUT2D eigenvalue weighted by atomic mass is 28.3. The van der Waals surface area contributed by atoms with E-state index in [1.807, 2.05) is 35.2 Å². The number of ether oxygens (including phenoxy) is 2. The second kappa shape index (κ2) is 11.5. The third-order valence-corrected chi connectivity index (χ3v) is 8.94. The van der Waals surface area contributed by atoms with Crippen LogP contribution >= 0.6 is 0 Å². The molecule has 34 heavy (non-hydrogen) atoms. The number of likely N-dealkylation sites (tertiary alicyclic amines) is 1. The Morgan fingerprint density at radius 1 is 1.03 bits per heavy atom. The van der Waals surface area contributed by atoms with Crippen molar-refractivity contribution in [1.29, 1.82) is 0 Å². The van der Waals surface area contributed by atoms with Crippen molar-refractivity contribution in [3.8, 4) is 0 Å². The molecule has 1 amide bonds. The molecule has 0 unspecified atom stereocenters. The molecule has 0 N–H and O–H groups in total. The van der Waals surface area contributed by atoms with Gasteiger partial charge in [-0.05, 0) is 37.3 Å². The summed E-state index contributed by atoms with van der Waals surface area (Å²) >= 11 is 0. The summed E-state index contributed by atoms with van der Waals surface area (Å²) in [4.78, 5) is 19.3. The summed E-state index contributed by atoms with van der Waals surface area (Å²) in [5.41, 5.74) is 2.30. The van der Waals surface area contributed by atoms with Gasteiger partial charge in [0.1, 0.15) is 19.2 Å². The maximum absolute atomic E-state index is 12.6. The van der Waals surface area contributed by atoms with E-state index >= 15 is 0 Å². The van der Waals surface area contributed by atoms with Gasteiger partial charge in [-0.25, -0.2) is 9.78 Å². The smallest absolute Gasteiger partial charge is 0.410 e. The van der Waals surface area contributed by atoms with Crippen LogP contribution in [0.4, 0.5) is 4.79 Å². The summed E-state index contributed by atoms with van der Waals surface area (Å²) in [6.45, 7) is 10.4. The van der Waals surface area contributed by atoms with Crippen LogP contribution in [0, 0.1) is 0 Å². The molecule has 1 saturated carbocycles. The minimum Gasteiger partial charge on any atom is -0.445 e. The average molecular weight is 484 g/mol. The van der Waals surface area contributed by atoms with Crippen molar-refractivity contribution >= 4 is 14.2 Å². The fraction of sp³-hybridized carbons (Fsp3) is 0.630. The van der Waals surface area contributed by atoms with Gasteiger partial charge >= 0.3 is 6.09 Å². The van der Waals surface area contributed by atoms with E-state index in [4.69, 9.17) is 14.5 Å². The molecule has 186 valence electrons. The minimum atomic E-state index is -1.11. The molecule has 1 aliphatic carbocycles. The molecule has 0 spiro atoms. The Kier molecular flexibility index (Phi) is 8.48. The Bertz CT molecular complexity index is 911. The molecule has 2 heterocycles. The number of carbonyl (C=O) groups is 1. The molecule has 6 nitrogen and oxygen atoms in total. The first-order valence-electron chi connectivity index (χ1n) is 13.0. The Balaban J connectivity index is 1.35. The SMILES string of the molecule is C[Si](C)(C)CCOCn1c(C2CCN(C(=O)OCc3ccccc3)CC2)cnc1C1CCCC1. The highest BCUT2D eigenvalue weighted by Crippen LogP contribution is 2.36. The van der Waals surface area contributed by atoms with Gasteiger partial charge in [-0.2, -0.15) is 0 Å². The number of hydrogen-bond acceptors (Lipinski definition) is 4. The third-order valence-electron chi connectivity index (χ3n) is 7.23. The van der Waals surface area contributed by atoms with E-state index in [0.29, 0.717) is 25.2 Å². The van der Waals surface area contributed by atoms with Crippen LogP contribution in [0.5, 0.6) is 0 Å². The van der Waals surface area contributed by atoms with Crippen molar-refractivity contribution in [2.75, 3.05) is 19.7 Å². The molecule has 0 atom stereocenters. The minimum absolute atomic E-state index is 0.211. The van der Waals surface area contributed by atoms with E-state index in [1.54, 1.807) is 0 Å². The number of benzene rings is 1. The van der Waals surface area contributed by atoms with E-state index in [1.165, 1.54) is 43.2 Å². The van der Waals surface area contributed by atoms with E-state index < -0.39 is 8.07 Å². The molecule has 1 aliphatic heterocycles. The summed E-state index contributed by atoms with van der Waals surface area (Å²) in [5, 5.41) is 0. The van der Waals surface area contributed by atoms with E-state index in [0.717, 1.165) is 38.1 Å².